The van der Waals surface area contributed by atoms with Crippen molar-refractivity contribution in [2.75, 3.05) is 0 Å². The minimum absolute atomic E-state index is 0.180. The maximum absolute atomic E-state index is 11.7. The average molecular weight is 246 g/mol. The second-order valence-electron chi connectivity index (χ2n) is 6.43. The number of carbonyl (C=O) groups is 1. The van der Waals surface area contributed by atoms with Gasteiger partial charge in [0.1, 0.15) is 11.2 Å². The Hall–Kier alpha value is -1.09. The molecule has 3 heteroatoms. The van der Waals surface area contributed by atoms with Crippen LogP contribution in [0.3, 0.4) is 0 Å². The van der Waals surface area contributed by atoms with Gasteiger partial charge < -0.3 is 9.84 Å². The fourth-order valence-corrected chi connectivity index (χ4v) is 4.67. The Morgan fingerprint density at radius 3 is 3.06 bits per heavy atom. The third kappa shape index (κ3) is 1.11. The number of carbonyl (C=O) groups excluding carboxylic acids is 1. The van der Waals surface area contributed by atoms with Crippen molar-refractivity contribution in [3.63, 3.8) is 0 Å². The second kappa shape index (κ2) is 3.08. The Kier molecular flexibility index (Phi) is 1.85. The van der Waals surface area contributed by atoms with Crippen molar-refractivity contribution in [1.29, 1.82) is 0 Å². The van der Waals surface area contributed by atoms with Gasteiger partial charge in [0, 0.05) is 12.3 Å². The topological polar surface area (TPSA) is 46.5 Å². The van der Waals surface area contributed by atoms with E-state index in [1.165, 1.54) is 5.57 Å². The monoisotopic (exact) mass is 246 g/mol. The van der Waals surface area contributed by atoms with Crippen molar-refractivity contribution in [1.82, 2.24) is 0 Å². The highest BCUT2D eigenvalue weighted by atomic mass is 16.6. The van der Waals surface area contributed by atoms with Crippen molar-refractivity contribution >= 4 is 5.97 Å². The van der Waals surface area contributed by atoms with Crippen molar-refractivity contribution < 1.29 is 14.6 Å². The minimum Gasteiger partial charge on any atom is -0.455 e. The lowest BCUT2D eigenvalue weighted by Crippen LogP contribution is -2.51. The third-order valence-corrected chi connectivity index (χ3v) is 5.50. The molecule has 0 radical (unpaired) electrons. The lowest BCUT2D eigenvalue weighted by atomic mass is 9.73. The molecule has 2 fully saturated rings. The summed E-state index contributed by atoms with van der Waals surface area (Å²) >= 11 is 0. The lowest BCUT2D eigenvalue weighted by Gasteiger charge is -2.39. The molecular formula is C15H18O3. The molecule has 1 heterocycles. The molecule has 0 unspecified atom stereocenters. The number of esters is 1. The molecule has 3 nitrogen and oxygen atoms in total. The molecule has 0 bridgehead atoms. The Labute approximate surface area is 107 Å². The quantitative estimate of drug-likeness (QED) is 0.599. The summed E-state index contributed by atoms with van der Waals surface area (Å²) in [5.41, 5.74) is 1.45. The van der Waals surface area contributed by atoms with Gasteiger partial charge in [-0.1, -0.05) is 17.2 Å². The van der Waals surface area contributed by atoms with E-state index in [0.717, 1.165) is 25.7 Å². The normalized spacial score (nSPS) is 48.4. The van der Waals surface area contributed by atoms with Crippen LogP contribution >= 0.6 is 0 Å². The van der Waals surface area contributed by atoms with E-state index in [-0.39, 0.29) is 12.4 Å². The second-order valence-corrected chi connectivity index (χ2v) is 6.43. The van der Waals surface area contributed by atoms with Gasteiger partial charge >= 0.3 is 5.97 Å². The van der Waals surface area contributed by atoms with Crippen molar-refractivity contribution in [3.05, 3.63) is 23.8 Å². The molecule has 1 N–H and O–H groups in total. The molecule has 96 valence electrons. The van der Waals surface area contributed by atoms with Crippen LogP contribution in [-0.4, -0.2) is 22.3 Å². The van der Waals surface area contributed by atoms with Crippen LogP contribution in [0.15, 0.2) is 23.8 Å². The minimum atomic E-state index is -0.927. The van der Waals surface area contributed by atoms with Crippen molar-refractivity contribution in [2.24, 2.45) is 11.8 Å². The predicted molar refractivity (Wildman–Crippen MR) is 65.7 cm³/mol. The molecule has 4 rings (SSSR count). The first-order valence-corrected chi connectivity index (χ1v) is 6.83. The average Bonchev–Trinajstić information content (AvgIpc) is 2.93. The van der Waals surface area contributed by atoms with Crippen molar-refractivity contribution in [3.8, 4) is 0 Å². The van der Waals surface area contributed by atoms with Gasteiger partial charge in [0.05, 0.1) is 6.42 Å². The highest BCUT2D eigenvalue weighted by Crippen LogP contribution is 2.65. The standard InChI is InChI=1S/C15H18O3/c1-2-3-9-6-14(17)8-13(16)18-15(14)7-11-4-10(11)5-12(9)15/h2,9,12,17H,1,3-8H2/t9-,12-,14+,15-/m1/s1. The Bertz CT molecular complexity index is 492. The molecule has 4 aliphatic rings. The summed E-state index contributed by atoms with van der Waals surface area (Å²) in [5.74, 6) is 0.493. The summed E-state index contributed by atoms with van der Waals surface area (Å²) in [6, 6.07) is 0. The number of ether oxygens (including phenoxy) is 1. The van der Waals surface area contributed by atoms with Crippen LogP contribution in [0.4, 0.5) is 0 Å². The van der Waals surface area contributed by atoms with Crippen LogP contribution in [-0.2, 0) is 9.53 Å². The van der Waals surface area contributed by atoms with Crippen LogP contribution in [0.1, 0.15) is 38.5 Å². The van der Waals surface area contributed by atoms with E-state index < -0.39 is 11.2 Å². The summed E-state index contributed by atoms with van der Waals surface area (Å²) in [4.78, 5) is 11.7. The van der Waals surface area contributed by atoms with E-state index >= 15 is 0 Å². The molecular weight excluding hydrogens is 228 g/mol. The molecule has 0 aromatic rings. The highest BCUT2D eigenvalue weighted by Gasteiger charge is 2.71. The molecule has 4 atom stereocenters. The summed E-state index contributed by atoms with van der Waals surface area (Å²) in [7, 11) is 0. The van der Waals surface area contributed by atoms with E-state index in [4.69, 9.17) is 4.74 Å². The number of rotatable bonds is 2. The molecule has 1 aliphatic heterocycles. The van der Waals surface area contributed by atoms with Gasteiger partial charge in [-0.3, -0.25) is 4.79 Å². The van der Waals surface area contributed by atoms with Gasteiger partial charge in [0.15, 0.2) is 0 Å². The first kappa shape index (κ1) is 10.8. The van der Waals surface area contributed by atoms with Gasteiger partial charge in [0.25, 0.3) is 0 Å². The van der Waals surface area contributed by atoms with Gasteiger partial charge in [0.2, 0.25) is 0 Å². The van der Waals surface area contributed by atoms with Crippen LogP contribution < -0.4 is 0 Å². The van der Waals surface area contributed by atoms with E-state index in [9.17, 15) is 9.90 Å². The van der Waals surface area contributed by atoms with Crippen LogP contribution in [0.5, 0.6) is 0 Å². The summed E-state index contributed by atoms with van der Waals surface area (Å²) in [5, 5.41) is 10.9. The van der Waals surface area contributed by atoms with E-state index in [2.05, 4.69) is 6.58 Å². The first-order chi connectivity index (χ1) is 8.58. The zero-order valence-electron chi connectivity index (χ0n) is 10.4. The number of hydrogen-bond acceptors (Lipinski definition) is 3. The predicted octanol–water partition coefficient (Wildman–Crippen LogP) is 2.11. The molecule has 1 spiro atoms. The number of aliphatic hydroxyl groups is 1. The molecule has 1 saturated heterocycles. The smallest absolute Gasteiger partial charge is 0.309 e. The fraction of sp³-hybridized carbons (Fsp3) is 0.667. The molecule has 18 heavy (non-hydrogen) atoms. The molecule has 0 aromatic heterocycles. The Morgan fingerprint density at radius 2 is 2.28 bits per heavy atom. The van der Waals surface area contributed by atoms with Crippen LogP contribution in [0.25, 0.3) is 0 Å². The highest BCUT2D eigenvalue weighted by molar-refractivity contribution is 5.76. The number of hydrogen-bond donors (Lipinski definition) is 1. The fourth-order valence-electron chi connectivity index (χ4n) is 4.67. The van der Waals surface area contributed by atoms with Gasteiger partial charge in [-0.15, -0.1) is 6.58 Å². The molecule has 3 aliphatic carbocycles. The lowest BCUT2D eigenvalue weighted by molar-refractivity contribution is -0.162. The summed E-state index contributed by atoms with van der Waals surface area (Å²) < 4.78 is 5.70. The zero-order valence-corrected chi connectivity index (χ0v) is 10.4. The van der Waals surface area contributed by atoms with Crippen LogP contribution in [0, 0.1) is 11.8 Å². The Morgan fingerprint density at radius 1 is 1.44 bits per heavy atom. The van der Waals surface area contributed by atoms with Crippen molar-refractivity contribution in [2.45, 2.75) is 49.7 Å². The van der Waals surface area contributed by atoms with E-state index in [1.807, 2.05) is 6.08 Å². The number of allylic oxidation sites excluding steroid dienone is 2. The van der Waals surface area contributed by atoms with E-state index in [0.29, 0.717) is 18.3 Å². The van der Waals surface area contributed by atoms with E-state index in [1.54, 1.807) is 5.57 Å². The largest absolute Gasteiger partial charge is 0.455 e. The summed E-state index contributed by atoms with van der Waals surface area (Å²) in [6.07, 6.45) is 6.62. The Balaban J connectivity index is 1.78. The zero-order chi connectivity index (χ0) is 12.5. The molecule has 1 saturated carbocycles. The first-order valence-electron chi connectivity index (χ1n) is 6.83. The molecule has 0 aromatic carbocycles. The van der Waals surface area contributed by atoms with Gasteiger partial charge in [-0.05, 0) is 31.6 Å². The summed E-state index contributed by atoms with van der Waals surface area (Å²) in [6.45, 7) is 3.82. The maximum Gasteiger partial charge on any atom is 0.309 e. The van der Waals surface area contributed by atoms with Gasteiger partial charge in [-0.25, -0.2) is 0 Å². The van der Waals surface area contributed by atoms with Crippen LogP contribution in [0.2, 0.25) is 0 Å². The molecule has 0 amide bonds. The van der Waals surface area contributed by atoms with Gasteiger partial charge in [-0.2, -0.15) is 0 Å². The SMILES string of the molecule is C=CC[C@@H]1C[C@]2(O)CC(=O)O[C@@]23CC2=C(C2)C[C@H]13. The third-order valence-electron chi connectivity index (χ3n) is 5.50. The maximum atomic E-state index is 11.7.